The third kappa shape index (κ3) is 4.97. The molecule has 142 valence electrons. The van der Waals surface area contributed by atoms with E-state index >= 15 is 0 Å². The molecule has 1 amide bonds. The van der Waals surface area contributed by atoms with Crippen LogP contribution in [0.2, 0.25) is 0 Å². The Morgan fingerprint density at radius 2 is 1.70 bits per heavy atom. The van der Waals surface area contributed by atoms with Gasteiger partial charge in [0.2, 0.25) is 5.91 Å². The van der Waals surface area contributed by atoms with E-state index in [1.54, 1.807) is 0 Å². The third-order valence-corrected chi connectivity index (χ3v) is 4.74. The first-order valence-electron chi connectivity index (χ1n) is 9.71. The summed E-state index contributed by atoms with van der Waals surface area (Å²) in [5.41, 5.74) is 3.21. The molecule has 3 aromatic rings. The number of benzene rings is 2. The number of aromatic nitrogens is 2. The lowest BCUT2D eigenvalue weighted by atomic mass is 9.96. The maximum Gasteiger partial charge on any atom is 0.225 e. The quantitative estimate of drug-likeness (QED) is 0.634. The monoisotopic (exact) mass is 363 g/mol. The van der Waals surface area contributed by atoms with Crippen LogP contribution in [-0.2, 0) is 24.2 Å². The van der Waals surface area contributed by atoms with Crippen molar-refractivity contribution in [2.45, 2.75) is 46.6 Å². The number of carbonyl (C=O) groups is 1. The number of fused-ring (bicyclic) bond motifs is 1. The number of amides is 1. The zero-order chi connectivity index (χ0) is 19.3. The summed E-state index contributed by atoms with van der Waals surface area (Å²) in [4.78, 5) is 16.9. The van der Waals surface area contributed by atoms with Gasteiger partial charge in [-0.1, -0.05) is 63.2 Å². The number of nitrogens with one attached hydrogen (secondary N) is 1. The molecule has 0 atom stereocenters. The van der Waals surface area contributed by atoms with E-state index in [2.05, 4.69) is 52.3 Å². The molecule has 3 rings (SSSR count). The predicted octanol–water partition coefficient (Wildman–Crippen LogP) is 4.37. The molecule has 0 fully saturated rings. The number of hydrogen-bond acceptors (Lipinski definition) is 2. The summed E-state index contributed by atoms with van der Waals surface area (Å²) in [7, 11) is 0. The van der Waals surface area contributed by atoms with Gasteiger partial charge >= 0.3 is 0 Å². The first-order chi connectivity index (χ1) is 12.9. The van der Waals surface area contributed by atoms with Crippen molar-refractivity contribution in [1.29, 1.82) is 0 Å². The zero-order valence-corrected chi connectivity index (χ0v) is 16.5. The average Bonchev–Trinajstić information content (AvgIpc) is 3.01. The van der Waals surface area contributed by atoms with Crippen LogP contribution in [0.3, 0.4) is 0 Å². The van der Waals surface area contributed by atoms with Gasteiger partial charge in [-0.05, 0) is 30.5 Å². The van der Waals surface area contributed by atoms with Crippen molar-refractivity contribution in [1.82, 2.24) is 14.9 Å². The summed E-state index contributed by atoms with van der Waals surface area (Å²) in [5.74, 6) is 1.19. The van der Waals surface area contributed by atoms with Crippen LogP contribution in [0.1, 0.15) is 38.6 Å². The van der Waals surface area contributed by atoms with Gasteiger partial charge in [0, 0.05) is 24.9 Å². The van der Waals surface area contributed by atoms with Crippen molar-refractivity contribution < 1.29 is 4.79 Å². The lowest BCUT2D eigenvalue weighted by Crippen LogP contribution is -2.35. The molecule has 0 bridgehead atoms. The zero-order valence-electron chi connectivity index (χ0n) is 16.5. The molecule has 0 spiro atoms. The summed E-state index contributed by atoms with van der Waals surface area (Å²) in [6.07, 6.45) is 2.72. The molecule has 0 radical (unpaired) electrons. The highest BCUT2D eigenvalue weighted by atomic mass is 16.2. The normalized spacial score (nSPS) is 11.7. The number of carbonyl (C=O) groups excluding carboxylic acids is 1. The molecule has 0 aliphatic heterocycles. The van der Waals surface area contributed by atoms with Gasteiger partial charge in [-0.25, -0.2) is 4.98 Å². The second kappa shape index (κ2) is 8.38. The van der Waals surface area contributed by atoms with Crippen LogP contribution < -0.4 is 5.32 Å². The summed E-state index contributed by atoms with van der Waals surface area (Å²) in [5, 5.41) is 3.03. The molecule has 2 aromatic carbocycles. The van der Waals surface area contributed by atoms with Crippen molar-refractivity contribution in [2.24, 2.45) is 5.41 Å². The minimum Gasteiger partial charge on any atom is -0.356 e. The SMILES string of the molecule is CC(C)(C)C(=O)NCCCc1nc2ccccc2n1CCc1ccccc1. The molecule has 1 aromatic heterocycles. The van der Waals surface area contributed by atoms with Gasteiger partial charge in [-0.3, -0.25) is 4.79 Å². The van der Waals surface area contributed by atoms with Crippen molar-refractivity contribution in [2.75, 3.05) is 6.54 Å². The summed E-state index contributed by atoms with van der Waals surface area (Å²) >= 11 is 0. The summed E-state index contributed by atoms with van der Waals surface area (Å²) in [6, 6.07) is 18.9. The number of rotatable bonds is 7. The van der Waals surface area contributed by atoms with Gasteiger partial charge in [0.1, 0.15) is 5.82 Å². The van der Waals surface area contributed by atoms with Crippen LogP contribution >= 0.6 is 0 Å². The molecule has 0 saturated carbocycles. The Balaban J connectivity index is 1.68. The molecule has 27 heavy (non-hydrogen) atoms. The van der Waals surface area contributed by atoms with Crippen LogP contribution in [0.5, 0.6) is 0 Å². The fraction of sp³-hybridized carbons (Fsp3) is 0.391. The van der Waals surface area contributed by atoms with E-state index in [0.717, 1.165) is 37.1 Å². The average molecular weight is 364 g/mol. The van der Waals surface area contributed by atoms with Crippen LogP contribution in [0.15, 0.2) is 54.6 Å². The van der Waals surface area contributed by atoms with E-state index in [4.69, 9.17) is 4.98 Å². The second-order valence-corrected chi connectivity index (χ2v) is 8.01. The third-order valence-electron chi connectivity index (χ3n) is 4.74. The predicted molar refractivity (Wildman–Crippen MR) is 111 cm³/mol. The minimum absolute atomic E-state index is 0.0973. The molecule has 4 heteroatoms. The summed E-state index contributed by atoms with van der Waals surface area (Å²) < 4.78 is 2.33. The van der Waals surface area contributed by atoms with Gasteiger partial charge in [-0.15, -0.1) is 0 Å². The Bertz CT molecular complexity index is 891. The van der Waals surface area contributed by atoms with Gasteiger partial charge in [0.25, 0.3) is 0 Å². The van der Waals surface area contributed by atoms with Crippen molar-refractivity contribution >= 4 is 16.9 Å². The Labute approximate surface area is 161 Å². The van der Waals surface area contributed by atoms with E-state index < -0.39 is 0 Å². The van der Waals surface area contributed by atoms with Gasteiger partial charge in [0.05, 0.1) is 11.0 Å². The second-order valence-electron chi connectivity index (χ2n) is 8.01. The summed E-state index contributed by atoms with van der Waals surface area (Å²) in [6.45, 7) is 7.40. The van der Waals surface area contributed by atoms with E-state index in [9.17, 15) is 4.79 Å². The van der Waals surface area contributed by atoms with E-state index in [1.165, 1.54) is 11.1 Å². The highest BCUT2D eigenvalue weighted by molar-refractivity contribution is 5.81. The smallest absolute Gasteiger partial charge is 0.225 e. The molecule has 0 aliphatic rings. The van der Waals surface area contributed by atoms with Gasteiger partial charge in [-0.2, -0.15) is 0 Å². The van der Waals surface area contributed by atoms with Gasteiger partial charge < -0.3 is 9.88 Å². The highest BCUT2D eigenvalue weighted by Gasteiger charge is 2.20. The molecule has 0 aliphatic carbocycles. The van der Waals surface area contributed by atoms with E-state index in [-0.39, 0.29) is 11.3 Å². The number of hydrogen-bond donors (Lipinski definition) is 1. The van der Waals surface area contributed by atoms with Crippen LogP contribution in [0.25, 0.3) is 11.0 Å². The van der Waals surface area contributed by atoms with Crippen molar-refractivity contribution in [3.8, 4) is 0 Å². The Hall–Kier alpha value is -2.62. The topological polar surface area (TPSA) is 46.9 Å². The minimum atomic E-state index is -0.344. The Kier molecular flexibility index (Phi) is 5.94. The number of para-hydroxylation sites is 2. The molecule has 4 nitrogen and oxygen atoms in total. The standard InChI is InChI=1S/C23H29N3O/c1-23(2,3)22(27)24-16-9-14-21-25-19-12-7-8-13-20(19)26(21)17-15-18-10-5-4-6-11-18/h4-8,10-13H,9,14-17H2,1-3H3,(H,24,27). The fourth-order valence-electron chi connectivity index (χ4n) is 3.16. The maximum absolute atomic E-state index is 12.0. The Morgan fingerprint density at radius 1 is 1.00 bits per heavy atom. The van der Waals surface area contributed by atoms with Crippen molar-refractivity contribution in [3.05, 3.63) is 66.0 Å². The Morgan fingerprint density at radius 3 is 2.44 bits per heavy atom. The van der Waals surface area contributed by atoms with E-state index in [0.29, 0.717) is 6.54 Å². The largest absolute Gasteiger partial charge is 0.356 e. The lowest BCUT2D eigenvalue weighted by Gasteiger charge is -2.17. The molecule has 0 unspecified atom stereocenters. The highest BCUT2D eigenvalue weighted by Crippen LogP contribution is 2.18. The van der Waals surface area contributed by atoms with Crippen molar-refractivity contribution in [3.63, 3.8) is 0 Å². The number of nitrogens with zero attached hydrogens (tertiary/aromatic N) is 2. The molecule has 0 saturated heterocycles. The molecular formula is C23H29N3O. The van der Waals surface area contributed by atoms with Crippen LogP contribution in [-0.4, -0.2) is 22.0 Å². The molecular weight excluding hydrogens is 334 g/mol. The van der Waals surface area contributed by atoms with E-state index in [1.807, 2.05) is 32.9 Å². The fourth-order valence-corrected chi connectivity index (χ4v) is 3.16. The maximum atomic E-state index is 12.0. The van der Waals surface area contributed by atoms with Crippen LogP contribution in [0, 0.1) is 5.41 Å². The van der Waals surface area contributed by atoms with Gasteiger partial charge in [0.15, 0.2) is 0 Å². The molecule has 1 heterocycles. The molecule has 1 N–H and O–H groups in total. The number of imidazole rings is 1. The lowest BCUT2D eigenvalue weighted by molar-refractivity contribution is -0.128. The first kappa shape index (κ1) is 19.2. The first-order valence-corrected chi connectivity index (χ1v) is 9.71. The van der Waals surface area contributed by atoms with Crippen LogP contribution in [0.4, 0.5) is 0 Å². The number of aryl methyl sites for hydroxylation is 3.